The fourth-order valence-corrected chi connectivity index (χ4v) is 2.58. The first kappa shape index (κ1) is 13.6. The van der Waals surface area contributed by atoms with E-state index in [0.29, 0.717) is 6.54 Å². The third kappa shape index (κ3) is 2.50. The van der Waals surface area contributed by atoms with E-state index in [4.69, 9.17) is 4.74 Å². The Labute approximate surface area is 122 Å². The van der Waals surface area contributed by atoms with Crippen molar-refractivity contribution >= 4 is 10.9 Å². The molecule has 0 aliphatic rings. The zero-order valence-electron chi connectivity index (χ0n) is 11.7. The van der Waals surface area contributed by atoms with Gasteiger partial charge in [-0.3, -0.25) is 0 Å². The molecule has 0 fully saturated rings. The van der Waals surface area contributed by atoms with E-state index in [1.807, 2.05) is 41.1 Å². The number of halogens is 1. The number of aliphatic hydroxyl groups is 1. The van der Waals surface area contributed by atoms with Gasteiger partial charge in [0.1, 0.15) is 0 Å². The Bertz CT molecular complexity index is 780. The monoisotopic (exact) mass is 285 g/mol. The SMILES string of the molecule is COc1ccc(Cn2cc(CO)c3ccccc32)cc1F. The highest BCUT2D eigenvalue weighted by atomic mass is 19.1. The van der Waals surface area contributed by atoms with E-state index in [-0.39, 0.29) is 18.2 Å². The van der Waals surface area contributed by atoms with Crippen molar-refractivity contribution in [1.29, 1.82) is 0 Å². The Hall–Kier alpha value is -2.33. The molecular weight excluding hydrogens is 269 g/mol. The van der Waals surface area contributed by atoms with Crippen molar-refractivity contribution in [1.82, 2.24) is 4.57 Å². The van der Waals surface area contributed by atoms with Gasteiger partial charge < -0.3 is 14.4 Å². The molecule has 0 spiro atoms. The van der Waals surface area contributed by atoms with Gasteiger partial charge in [-0.25, -0.2) is 4.39 Å². The third-order valence-corrected chi connectivity index (χ3v) is 3.61. The van der Waals surface area contributed by atoms with Gasteiger partial charge in [0.15, 0.2) is 11.6 Å². The van der Waals surface area contributed by atoms with E-state index in [0.717, 1.165) is 22.0 Å². The standard InChI is InChI=1S/C17H16FNO2/c1-21-17-7-6-12(8-15(17)18)9-19-10-13(11-20)14-4-2-3-5-16(14)19/h2-8,10,20H,9,11H2,1H3. The van der Waals surface area contributed by atoms with Crippen LogP contribution in [-0.4, -0.2) is 16.8 Å². The van der Waals surface area contributed by atoms with Gasteiger partial charge in [0, 0.05) is 29.2 Å². The third-order valence-electron chi connectivity index (χ3n) is 3.61. The largest absolute Gasteiger partial charge is 0.494 e. The number of hydrogen-bond acceptors (Lipinski definition) is 2. The Morgan fingerprint density at radius 1 is 1.19 bits per heavy atom. The van der Waals surface area contributed by atoms with Gasteiger partial charge in [0.05, 0.1) is 13.7 Å². The molecule has 1 aromatic heterocycles. The Balaban J connectivity index is 2.00. The van der Waals surface area contributed by atoms with E-state index in [1.165, 1.54) is 13.2 Å². The van der Waals surface area contributed by atoms with Gasteiger partial charge in [-0.2, -0.15) is 0 Å². The van der Waals surface area contributed by atoms with Crippen LogP contribution in [-0.2, 0) is 13.2 Å². The van der Waals surface area contributed by atoms with E-state index in [9.17, 15) is 9.50 Å². The second-order valence-electron chi connectivity index (χ2n) is 4.93. The zero-order valence-corrected chi connectivity index (χ0v) is 11.7. The van der Waals surface area contributed by atoms with E-state index >= 15 is 0 Å². The van der Waals surface area contributed by atoms with Crippen LogP contribution >= 0.6 is 0 Å². The maximum atomic E-state index is 13.8. The molecule has 0 aliphatic carbocycles. The summed E-state index contributed by atoms with van der Waals surface area (Å²) < 4.78 is 20.7. The molecule has 3 rings (SSSR count). The predicted octanol–water partition coefficient (Wildman–Crippen LogP) is 3.33. The molecule has 1 N–H and O–H groups in total. The molecule has 0 bridgehead atoms. The van der Waals surface area contributed by atoms with Crippen molar-refractivity contribution in [3.05, 3.63) is 65.6 Å². The molecular formula is C17H16FNO2. The van der Waals surface area contributed by atoms with Gasteiger partial charge >= 0.3 is 0 Å². The van der Waals surface area contributed by atoms with Gasteiger partial charge in [-0.05, 0) is 23.8 Å². The van der Waals surface area contributed by atoms with Crippen molar-refractivity contribution in [3.63, 3.8) is 0 Å². The molecule has 0 saturated carbocycles. The molecule has 21 heavy (non-hydrogen) atoms. The van der Waals surface area contributed by atoms with Crippen LogP contribution in [0, 0.1) is 5.82 Å². The number of aromatic nitrogens is 1. The average Bonchev–Trinajstić information content (AvgIpc) is 2.86. The second-order valence-corrected chi connectivity index (χ2v) is 4.93. The van der Waals surface area contributed by atoms with Crippen molar-refractivity contribution in [2.24, 2.45) is 0 Å². The molecule has 0 unspecified atom stereocenters. The second kappa shape index (κ2) is 5.58. The minimum absolute atomic E-state index is 0.00944. The lowest BCUT2D eigenvalue weighted by Gasteiger charge is -2.08. The Morgan fingerprint density at radius 2 is 2.00 bits per heavy atom. The number of ether oxygens (including phenoxy) is 1. The van der Waals surface area contributed by atoms with Crippen LogP contribution in [0.15, 0.2) is 48.7 Å². The first-order valence-electron chi connectivity index (χ1n) is 6.73. The van der Waals surface area contributed by atoms with E-state index in [2.05, 4.69) is 0 Å². The number of fused-ring (bicyclic) bond motifs is 1. The van der Waals surface area contributed by atoms with Crippen LogP contribution in [0.5, 0.6) is 5.75 Å². The van der Waals surface area contributed by atoms with Gasteiger partial charge in [0.2, 0.25) is 0 Å². The topological polar surface area (TPSA) is 34.4 Å². The lowest BCUT2D eigenvalue weighted by Crippen LogP contribution is -1.99. The van der Waals surface area contributed by atoms with Gasteiger partial charge in [-0.1, -0.05) is 24.3 Å². The summed E-state index contributed by atoms with van der Waals surface area (Å²) >= 11 is 0. The van der Waals surface area contributed by atoms with Gasteiger partial charge in [0.25, 0.3) is 0 Å². The molecule has 0 saturated heterocycles. The number of methoxy groups -OCH3 is 1. The lowest BCUT2D eigenvalue weighted by atomic mass is 10.2. The van der Waals surface area contributed by atoms with Crippen molar-refractivity contribution in [2.75, 3.05) is 7.11 Å². The molecule has 3 aromatic rings. The van der Waals surface area contributed by atoms with Gasteiger partial charge in [-0.15, -0.1) is 0 Å². The van der Waals surface area contributed by atoms with Crippen molar-refractivity contribution < 1.29 is 14.2 Å². The summed E-state index contributed by atoms with van der Waals surface area (Å²) in [5, 5.41) is 10.5. The molecule has 0 amide bonds. The summed E-state index contributed by atoms with van der Waals surface area (Å²) in [6.07, 6.45) is 1.91. The van der Waals surface area contributed by atoms with Crippen LogP contribution in [0.2, 0.25) is 0 Å². The van der Waals surface area contributed by atoms with Crippen LogP contribution in [0.1, 0.15) is 11.1 Å². The number of benzene rings is 2. The predicted molar refractivity (Wildman–Crippen MR) is 79.9 cm³/mol. The quantitative estimate of drug-likeness (QED) is 0.798. The number of para-hydroxylation sites is 1. The summed E-state index contributed by atoms with van der Waals surface area (Å²) in [5.41, 5.74) is 2.75. The molecule has 108 valence electrons. The van der Waals surface area contributed by atoms with Crippen LogP contribution in [0.4, 0.5) is 4.39 Å². The first-order chi connectivity index (χ1) is 10.2. The summed E-state index contributed by atoms with van der Waals surface area (Å²) in [6, 6.07) is 12.8. The summed E-state index contributed by atoms with van der Waals surface area (Å²) in [7, 11) is 1.45. The molecule has 0 atom stereocenters. The van der Waals surface area contributed by atoms with Crippen molar-refractivity contribution in [3.8, 4) is 5.75 Å². The summed E-state index contributed by atoms with van der Waals surface area (Å²) in [6.45, 7) is 0.534. The van der Waals surface area contributed by atoms with Crippen LogP contribution in [0.25, 0.3) is 10.9 Å². The maximum absolute atomic E-state index is 13.8. The molecule has 0 radical (unpaired) electrons. The van der Waals surface area contributed by atoms with Crippen LogP contribution < -0.4 is 4.74 Å². The van der Waals surface area contributed by atoms with E-state index in [1.54, 1.807) is 6.07 Å². The first-order valence-corrected chi connectivity index (χ1v) is 6.73. The number of nitrogens with zero attached hydrogens (tertiary/aromatic N) is 1. The number of hydrogen-bond donors (Lipinski definition) is 1. The minimum Gasteiger partial charge on any atom is -0.494 e. The minimum atomic E-state index is -0.367. The Morgan fingerprint density at radius 3 is 2.71 bits per heavy atom. The smallest absolute Gasteiger partial charge is 0.165 e. The zero-order chi connectivity index (χ0) is 14.8. The summed E-state index contributed by atoms with van der Waals surface area (Å²) in [4.78, 5) is 0. The fourth-order valence-electron chi connectivity index (χ4n) is 2.58. The molecule has 0 aliphatic heterocycles. The summed E-state index contributed by atoms with van der Waals surface area (Å²) in [5.74, 6) is -0.124. The number of rotatable bonds is 4. The molecule has 3 nitrogen and oxygen atoms in total. The normalized spacial score (nSPS) is 11.0. The van der Waals surface area contributed by atoms with E-state index < -0.39 is 0 Å². The molecule has 2 aromatic carbocycles. The highest BCUT2D eigenvalue weighted by Crippen LogP contribution is 2.24. The molecule has 4 heteroatoms. The highest BCUT2D eigenvalue weighted by Gasteiger charge is 2.09. The molecule has 1 heterocycles. The average molecular weight is 285 g/mol. The maximum Gasteiger partial charge on any atom is 0.165 e. The highest BCUT2D eigenvalue weighted by molar-refractivity contribution is 5.83. The van der Waals surface area contributed by atoms with Crippen molar-refractivity contribution in [2.45, 2.75) is 13.2 Å². The lowest BCUT2D eigenvalue weighted by molar-refractivity contribution is 0.283. The fraction of sp³-hybridized carbons (Fsp3) is 0.176. The van der Waals surface area contributed by atoms with Crippen LogP contribution in [0.3, 0.4) is 0 Å². The number of aliphatic hydroxyl groups excluding tert-OH is 1. The Kier molecular flexibility index (Phi) is 3.62.